The molecule has 0 bridgehead atoms. The first kappa shape index (κ1) is 18.5. The van der Waals surface area contributed by atoms with Gasteiger partial charge in [0.2, 0.25) is 0 Å². The van der Waals surface area contributed by atoms with Gasteiger partial charge in [0.1, 0.15) is 17.5 Å². The molecule has 0 atom stereocenters. The van der Waals surface area contributed by atoms with Gasteiger partial charge in [-0.15, -0.1) is 0 Å². The molecule has 0 radical (unpaired) electrons. The third-order valence-corrected chi connectivity index (χ3v) is 3.53. The van der Waals surface area contributed by atoms with Crippen molar-refractivity contribution < 1.29 is 4.79 Å². The molecule has 4 N–H and O–H groups in total. The second kappa shape index (κ2) is 9.46. The highest BCUT2D eigenvalue weighted by Gasteiger charge is 2.03. The third kappa shape index (κ3) is 6.29. The first-order valence-corrected chi connectivity index (χ1v) is 8.58. The van der Waals surface area contributed by atoms with Gasteiger partial charge in [0.15, 0.2) is 0 Å². The fourth-order valence-electron chi connectivity index (χ4n) is 2.30. The molecule has 7 heteroatoms. The largest absolute Gasteiger partial charge is 0.370 e. The Balaban J connectivity index is 1.74. The van der Waals surface area contributed by atoms with E-state index in [1.807, 2.05) is 44.2 Å². The molecule has 0 fully saturated rings. The molecule has 1 heterocycles. The first-order chi connectivity index (χ1) is 12.1. The number of aromatic nitrogens is 2. The number of rotatable bonds is 8. The average Bonchev–Trinajstić information content (AvgIpc) is 2.59. The van der Waals surface area contributed by atoms with E-state index < -0.39 is 0 Å². The maximum absolute atomic E-state index is 11.9. The molecule has 1 aromatic heterocycles. The standard InChI is InChI=1S/C18H26N6O/c1-4-14-6-8-15(9-7-14)24-18(25)21-11-10-20-17-12-16(19-5-2)22-13(3)23-17/h6-9,12H,4-5,10-11H2,1-3H3,(H2,21,24,25)(H2,19,20,22,23). The number of nitrogens with one attached hydrogen (secondary N) is 4. The van der Waals surface area contributed by atoms with Crippen molar-refractivity contribution in [3.8, 4) is 0 Å². The molecule has 2 rings (SSSR count). The van der Waals surface area contributed by atoms with Crippen LogP contribution in [0.2, 0.25) is 0 Å². The van der Waals surface area contributed by atoms with Gasteiger partial charge in [0, 0.05) is 31.4 Å². The van der Waals surface area contributed by atoms with Crippen LogP contribution in [0.25, 0.3) is 0 Å². The maximum Gasteiger partial charge on any atom is 0.319 e. The van der Waals surface area contributed by atoms with Crippen LogP contribution in [-0.2, 0) is 6.42 Å². The minimum absolute atomic E-state index is 0.224. The Bertz CT molecular complexity index is 686. The smallest absolute Gasteiger partial charge is 0.319 e. The molecule has 25 heavy (non-hydrogen) atoms. The topological polar surface area (TPSA) is 91.0 Å². The lowest BCUT2D eigenvalue weighted by Crippen LogP contribution is -2.32. The number of anilines is 3. The Morgan fingerprint density at radius 1 is 1.00 bits per heavy atom. The summed E-state index contributed by atoms with van der Waals surface area (Å²) in [6.45, 7) is 7.83. The van der Waals surface area contributed by atoms with Crippen LogP contribution in [-0.4, -0.2) is 35.6 Å². The maximum atomic E-state index is 11.9. The normalized spacial score (nSPS) is 10.2. The molecule has 1 aromatic carbocycles. The fraction of sp³-hybridized carbons (Fsp3) is 0.389. The second-order valence-corrected chi connectivity index (χ2v) is 5.57. The lowest BCUT2D eigenvalue weighted by atomic mass is 10.1. The lowest BCUT2D eigenvalue weighted by molar-refractivity contribution is 0.252. The summed E-state index contributed by atoms with van der Waals surface area (Å²) in [5.41, 5.74) is 2.02. The van der Waals surface area contributed by atoms with E-state index in [1.165, 1.54) is 5.56 Å². The predicted octanol–water partition coefficient (Wildman–Crippen LogP) is 3.01. The number of urea groups is 1. The van der Waals surface area contributed by atoms with Crippen molar-refractivity contribution in [3.63, 3.8) is 0 Å². The number of carbonyl (C=O) groups is 1. The van der Waals surface area contributed by atoms with Crippen molar-refractivity contribution in [2.24, 2.45) is 0 Å². The quantitative estimate of drug-likeness (QED) is 0.554. The van der Waals surface area contributed by atoms with Crippen LogP contribution in [0.1, 0.15) is 25.2 Å². The van der Waals surface area contributed by atoms with E-state index in [0.717, 1.165) is 30.3 Å². The molecule has 0 aliphatic carbocycles. The van der Waals surface area contributed by atoms with E-state index in [-0.39, 0.29) is 6.03 Å². The minimum atomic E-state index is -0.224. The fourth-order valence-corrected chi connectivity index (χ4v) is 2.30. The van der Waals surface area contributed by atoms with Crippen LogP contribution in [0.15, 0.2) is 30.3 Å². The molecule has 7 nitrogen and oxygen atoms in total. The number of hydrogen-bond acceptors (Lipinski definition) is 5. The monoisotopic (exact) mass is 342 g/mol. The van der Waals surface area contributed by atoms with Crippen molar-refractivity contribution in [1.82, 2.24) is 15.3 Å². The van der Waals surface area contributed by atoms with Crippen molar-refractivity contribution in [2.45, 2.75) is 27.2 Å². The molecule has 0 spiro atoms. The van der Waals surface area contributed by atoms with E-state index in [1.54, 1.807) is 0 Å². The third-order valence-electron chi connectivity index (χ3n) is 3.53. The first-order valence-electron chi connectivity index (χ1n) is 8.58. The predicted molar refractivity (Wildman–Crippen MR) is 102 cm³/mol. The highest BCUT2D eigenvalue weighted by molar-refractivity contribution is 5.89. The molecule has 134 valence electrons. The van der Waals surface area contributed by atoms with Crippen LogP contribution in [0, 0.1) is 6.92 Å². The molecule has 0 aliphatic rings. The number of amides is 2. The molecule has 2 aromatic rings. The van der Waals surface area contributed by atoms with Gasteiger partial charge in [0.25, 0.3) is 0 Å². The summed E-state index contributed by atoms with van der Waals surface area (Å²) >= 11 is 0. The number of carbonyl (C=O) groups excluding carboxylic acids is 1. The summed E-state index contributed by atoms with van der Waals surface area (Å²) in [5, 5.41) is 12.0. The van der Waals surface area contributed by atoms with Crippen LogP contribution in [0.3, 0.4) is 0 Å². The van der Waals surface area contributed by atoms with Gasteiger partial charge in [0.05, 0.1) is 0 Å². The lowest BCUT2D eigenvalue weighted by Gasteiger charge is -2.11. The number of benzene rings is 1. The van der Waals surface area contributed by atoms with Crippen molar-refractivity contribution in [3.05, 3.63) is 41.7 Å². The van der Waals surface area contributed by atoms with Gasteiger partial charge in [-0.2, -0.15) is 0 Å². The van der Waals surface area contributed by atoms with E-state index in [4.69, 9.17) is 0 Å². The zero-order valence-electron chi connectivity index (χ0n) is 15.0. The van der Waals surface area contributed by atoms with E-state index in [0.29, 0.717) is 18.9 Å². The van der Waals surface area contributed by atoms with E-state index in [2.05, 4.69) is 38.2 Å². The van der Waals surface area contributed by atoms with Gasteiger partial charge in [-0.25, -0.2) is 14.8 Å². The van der Waals surface area contributed by atoms with E-state index >= 15 is 0 Å². The molecule has 2 amide bonds. The van der Waals surface area contributed by atoms with Gasteiger partial charge in [-0.05, 0) is 38.0 Å². The SMILES string of the molecule is CCNc1cc(NCCNC(=O)Nc2ccc(CC)cc2)nc(C)n1. The van der Waals surface area contributed by atoms with E-state index in [9.17, 15) is 4.79 Å². The Labute approximate surface area is 148 Å². The zero-order chi connectivity index (χ0) is 18.1. The van der Waals surface area contributed by atoms with Crippen molar-refractivity contribution in [1.29, 1.82) is 0 Å². The average molecular weight is 342 g/mol. The molecule has 0 saturated heterocycles. The summed E-state index contributed by atoms with van der Waals surface area (Å²) in [6, 6.07) is 9.46. The second-order valence-electron chi connectivity index (χ2n) is 5.57. The van der Waals surface area contributed by atoms with Crippen LogP contribution in [0.4, 0.5) is 22.1 Å². The number of nitrogens with zero attached hydrogens (tertiary/aromatic N) is 2. The van der Waals surface area contributed by atoms with Crippen LogP contribution < -0.4 is 21.3 Å². The zero-order valence-corrected chi connectivity index (χ0v) is 15.0. The Morgan fingerprint density at radius 2 is 1.68 bits per heavy atom. The molecular weight excluding hydrogens is 316 g/mol. The van der Waals surface area contributed by atoms with Crippen molar-refractivity contribution >= 4 is 23.4 Å². The molecular formula is C18H26N6O. The summed E-state index contributed by atoms with van der Waals surface area (Å²) in [7, 11) is 0. The minimum Gasteiger partial charge on any atom is -0.370 e. The summed E-state index contributed by atoms with van der Waals surface area (Å²) in [4.78, 5) is 20.5. The van der Waals surface area contributed by atoms with Crippen LogP contribution in [0.5, 0.6) is 0 Å². The van der Waals surface area contributed by atoms with Crippen LogP contribution >= 0.6 is 0 Å². The Morgan fingerprint density at radius 3 is 2.32 bits per heavy atom. The number of aryl methyl sites for hydroxylation is 2. The Kier molecular flexibility index (Phi) is 7.00. The Hall–Kier alpha value is -2.83. The highest BCUT2D eigenvalue weighted by atomic mass is 16.2. The molecule has 0 unspecified atom stereocenters. The molecule has 0 saturated carbocycles. The summed E-state index contributed by atoms with van der Waals surface area (Å²) < 4.78 is 0. The van der Waals surface area contributed by atoms with Gasteiger partial charge < -0.3 is 21.3 Å². The van der Waals surface area contributed by atoms with Gasteiger partial charge >= 0.3 is 6.03 Å². The molecule has 0 aliphatic heterocycles. The van der Waals surface area contributed by atoms with Gasteiger partial charge in [-0.3, -0.25) is 0 Å². The number of hydrogen-bond donors (Lipinski definition) is 4. The van der Waals surface area contributed by atoms with Gasteiger partial charge in [-0.1, -0.05) is 19.1 Å². The highest BCUT2D eigenvalue weighted by Crippen LogP contribution is 2.11. The summed E-state index contributed by atoms with van der Waals surface area (Å²) in [6.07, 6.45) is 0.982. The van der Waals surface area contributed by atoms with Crippen molar-refractivity contribution in [2.75, 3.05) is 35.6 Å². The summed E-state index contributed by atoms with van der Waals surface area (Å²) in [5.74, 6) is 2.22.